The zero-order valence-electron chi connectivity index (χ0n) is 16.7. The molecule has 1 aliphatic carbocycles. The topological polar surface area (TPSA) is 57.7 Å². The number of carbonyl (C=O) groups excluding carboxylic acids is 3. The van der Waals surface area contributed by atoms with Crippen molar-refractivity contribution in [2.75, 3.05) is 19.6 Å². The third kappa shape index (κ3) is 4.33. The van der Waals surface area contributed by atoms with Gasteiger partial charge in [0.2, 0.25) is 11.8 Å². The molecule has 0 saturated carbocycles. The number of benzene rings is 2. The van der Waals surface area contributed by atoms with Crippen molar-refractivity contribution in [1.82, 2.24) is 9.80 Å². The van der Waals surface area contributed by atoms with E-state index in [1.165, 1.54) is 11.0 Å². The molecule has 2 aromatic carbocycles. The molecule has 2 amide bonds. The molecule has 5 nitrogen and oxygen atoms in total. The first-order chi connectivity index (χ1) is 14.7. The average Bonchev–Trinajstić information content (AvgIpc) is 2.97. The number of hydrogen-bond donors (Lipinski definition) is 0. The van der Waals surface area contributed by atoms with Crippen molar-refractivity contribution in [3.05, 3.63) is 70.8 Å². The first-order valence-electron chi connectivity index (χ1n) is 10.1. The van der Waals surface area contributed by atoms with Crippen molar-refractivity contribution in [1.29, 1.82) is 0 Å². The highest BCUT2D eigenvalue weighted by atomic mass is 19.4. The maximum atomic E-state index is 13.1. The lowest BCUT2D eigenvalue weighted by atomic mass is 10.00. The Bertz CT molecular complexity index is 1030. The molecule has 0 aromatic heterocycles. The van der Waals surface area contributed by atoms with Crippen LogP contribution in [0.25, 0.3) is 0 Å². The van der Waals surface area contributed by atoms with Gasteiger partial charge in [0, 0.05) is 44.6 Å². The number of carbonyl (C=O) groups is 3. The Labute approximate surface area is 177 Å². The number of nitrogens with zero attached hydrogens (tertiary/aromatic N) is 2. The van der Waals surface area contributed by atoms with E-state index in [2.05, 4.69) is 0 Å². The number of alkyl halides is 3. The van der Waals surface area contributed by atoms with Crippen LogP contribution in [0.5, 0.6) is 0 Å². The summed E-state index contributed by atoms with van der Waals surface area (Å²) < 4.78 is 38.9. The van der Waals surface area contributed by atoms with Crippen LogP contribution >= 0.6 is 0 Å². The molecule has 1 saturated heterocycles. The zero-order valence-corrected chi connectivity index (χ0v) is 16.7. The fourth-order valence-corrected chi connectivity index (χ4v) is 4.22. The quantitative estimate of drug-likeness (QED) is 0.747. The van der Waals surface area contributed by atoms with Gasteiger partial charge in [0.25, 0.3) is 0 Å². The smallest absolute Gasteiger partial charge is 0.340 e. The van der Waals surface area contributed by atoms with Gasteiger partial charge in [-0.25, -0.2) is 0 Å². The van der Waals surface area contributed by atoms with Gasteiger partial charge in [-0.15, -0.1) is 0 Å². The molecule has 1 aliphatic heterocycles. The van der Waals surface area contributed by atoms with Crippen molar-refractivity contribution in [3.63, 3.8) is 0 Å². The van der Waals surface area contributed by atoms with Gasteiger partial charge in [-0.2, -0.15) is 13.2 Å². The minimum atomic E-state index is -4.45. The molecule has 0 unspecified atom stereocenters. The number of ketones is 1. The van der Waals surface area contributed by atoms with Crippen LogP contribution in [0.15, 0.2) is 48.5 Å². The normalized spacial score (nSPS) is 19.4. The van der Waals surface area contributed by atoms with Crippen LogP contribution in [0.2, 0.25) is 0 Å². The predicted molar refractivity (Wildman–Crippen MR) is 106 cm³/mol. The van der Waals surface area contributed by atoms with Crippen molar-refractivity contribution >= 4 is 17.6 Å². The van der Waals surface area contributed by atoms with Gasteiger partial charge in [0.1, 0.15) is 0 Å². The second kappa shape index (κ2) is 8.17. The van der Waals surface area contributed by atoms with Gasteiger partial charge in [-0.3, -0.25) is 14.4 Å². The summed E-state index contributed by atoms with van der Waals surface area (Å²) in [5.41, 5.74) is 0.915. The maximum absolute atomic E-state index is 13.1. The molecular weight excluding hydrogens is 409 g/mol. The van der Waals surface area contributed by atoms with E-state index in [-0.39, 0.29) is 56.6 Å². The minimum absolute atomic E-state index is 0.0511. The molecule has 0 N–H and O–H groups in total. The molecule has 1 atom stereocenters. The molecule has 8 heteroatoms. The van der Waals surface area contributed by atoms with Crippen molar-refractivity contribution < 1.29 is 27.6 Å². The summed E-state index contributed by atoms with van der Waals surface area (Å²) in [4.78, 5) is 41.0. The van der Waals surface area contributed by atoms with Gasteiger partial charge < -0.3 is 9.80 Å². The zero-order chi connectivity index (χ0) is 22.2. The number of halogens is 3. The Morgan fingerprint density at radius 2 is 1.77 bits per heavy atom. The van der Waals surface area contributed by atoms with Crippen LogP contribution in [-0.2, 0) is 22.3 Å². The Morgan fingerprint density at radius 1 is 1.00 bits per heavy atom. The first kappa shape index (κ1) is 21.1. The third-order valence-corrected chi connectivity index (χ3v) is 5.85. The first-order valence-corrected chi connectivity index (χ1v) is 10.1. The van der Waals surface area contributed by atoms with E-state index < -0.39 is 17.7 Å². The van der Waals surface area contributed by atoms with Crippen LogP contribution < -0.4 is 0 Å². The van der Waals surface area contributed by atoms with Crippen LogP contribution in [0, 0.1) is 0 Å². The molecule has 2 aromatic rings. The lowest BCUT2D eigenvalue weighted by molar-refractivity contribution is -0.137. The van der Waals surface area contributed by atoms with Gasteiger partial charge in [-0.05, 0) is 23.3 Å². The predicted octanol–water partition coefficient (Wildman–Crippen LogP) is 3.64. The highest BCUT2D eigenvalue weighted by molar-refractivity contribution is 6.06. The summed E-state index contributed by atoms with van der Waals surface area (Å²) in [5.74, 6) is -1.01. The van der Waals surface area contributed by atoms with Crippen LogP contribution in [0.4, 0.5) is 13.2 Å². The van der Waals surface area contributed by atoms with E-state index in [1.807, 2.05) is 0 Å². The Hall–Kier alpha value is -3.16. The molecule has 1 heterocycles. The number of rotatable bonds is 3. The Kier molecular flexibility index (Phi) is 5.56. The van der Waals surface area contributed by atoms with Crippen molar-refractivity contribution in [2.24, 2.45) is 0 Å². The molecule has 1 fully saturated rings. The molecule has 162 valence electrons. The fourth-order valence-electron chi connectivity index (χ4n) is 4.22. The summed E-state index contributed by atoms with van der Waals surface area (Å²) >= 11 is 0. The molecule has 4 rings (SSSR count). The summed E-state index contributed by atoms with van der Waals surface area (Å²) in [6.45, 7) is 0.776. The molecule has 0 radical (unpaired) electrons. The number of fused-ring (bicyclic) bond motifs is 1. The summed E-state index contributed by atoms with van der Waals surface area (Å²) in [5, 5.41) is 0. The van der Waals surface area contributed by atoms with Gasteiger partial charge in [-0.1, -0.05) is 36.4 Å². The van der Waals surface area contributed by atoms with E-state index in [0.29, 0.717) is 16.7 Å². The van der Waals surface area contributed by atoms with Crippen molar-refractivity contribution in [2.45, 2.75) is 31.5 Å². The third-order valence-electron chi connectivity index (χ3n) is 5.85. The van der Waals surface area contributed by atoms with Crippen LogP contribution in [0.1, 0.15) is 45.8 Å². The van der Waals surface area contributed by atoms with Crippen LogP contribution in [0.3, 0.4) is 0 Å². The Balaban J connectivity index is 1.45. The standard InChI is InChI=1S/C23H21F3N2O3/c24-23(25,26)16-5-3-4-15(12-16)14-28-11-10-27(9-8-21(28)30)22(31)19-13-20(29)18-7-2-1-6-17(18)19/h1-7,12,19H,8-11,13-14H2/t19-/m0/s1. The second-order valence-electron chi connectivity index (χ2n) is 7.86. The molecule has 31 heavy (non-hydrogen) atoms. The molecule has 0 spiro atoms. The monoisotopic (exact) mass is 430 g/mol. The highest BCUT2D eigenvalue weighted by Crippen LogP contribution is 2.34. The van der Waals surface area contributed by atoms with Crippen molar-refractivity contribution in [3.8, 4) is 0 Å². The number of hydrogen-bond acceptors (Lipinski definition) is 3. The van der Waals surface area contributed by atoms with E-state index in [0.717, 1.165) is 12.1 Å². The lowest BCUT2D eigenvalue weighted by Gasteiger charge is -2.25. The maximum Gasteiger partial charge on any atom is 0.416 e. The summed E-state index contributed by atoms with van der Waals surface area (Å²) in [6.07, 6.45) is -4.24. The average molecular weight is 430 g/mol. The highest BCUT2D eigenvalue weighted by Gasteiger charge is 2.37. The van der Waals surface area contributed by atoms with Gasteiger partial charge >= 0.3 is 6.18 Å². The summed E-state index contributed by atoms with van der Waals surface area (Å²) in [7, 11) is 0. The van der Waals surface area contributed by atoms with E-state index >= 15 is 0 Å². The fraction of sp³-hybridized carbons (Fsp3) is 0.348. The largest absolute Gasteiger partial charge is 0.416 e. The molecule has 0 bridgehead atoms. The van der Waals surface area contributed by atoms with Crippen LogP contribution in [-0.4, -0.2) is 47.0 Å². The number of amides is 2. The SMILES string of the molecule is O=C1C[C@H](C(=O)N2CCC(=O)N(Cc3cccc(C(F)(F)F)c3)CC2)c2ccccc21. The summed E-state index contributed by atoms with van der Waals surface area (Å²) in [6, 6.07) is 12.0. The molecule has 2 aliphatic rings. The Morgan fingerprint density at radius 3 is 2.55 bits per heavy atom. The van der Waals surface area contributed by atoms with E-state index in [9.17, 15) is 27.6 Å². The van der Waals surface area contributed by atoms with Gasteiger partial charge in [0.05, 0.1) is 11.5 Å². The minimum Gasteiger partial charge on any atom is -0.340 e. The lowest BCUT2D eigenvalue weighted by Crippen LogP contribution is -2.38. The van der Waals surface area contributed by atoms with E-state index in [4.69, 9.17) is 0 Å². The molecular formula is C23H21F3N2O3. The van der Waals surface area contributed by atoms with E-state index in [1.54, 1.807) is 35.2 Å². The van der Waals surface area contributed by atoms with Gasteiger partial charge in [0.15, 0.2) is 5.78 Å². The second-order valence-corrected chi connectivity index (χ2v) is 7.86. The number of Topliss-reactive ketones (excluding diaryl/α,β-unsaturated/α-hetero) is 1.